The van der Waals surface area contributed by atoms with Crippen LogP contribution in [0.25, 0.3) is 10.2 Å². The van der Waals surface area contributed by atoms with Crippen LogP contribution in [0.3, 0.4) is 0 Å². The van der Waals surface area contributed by atoms with Gasteiger partial charge in [0.25, 0.3) is 5.91 Å². The fourth-order valence-corrected chi connectivity index (χ4v) is 6.12. The van der Waals surface area contributed by atoms with Crippen LogP contribution in [0, 0.1) is 0 Å². The third-order valence-electron chi connectivity index (χ3n) is 7.50. The minimum atomic E-state index is -1.08. The molecule has 3 aromatic rings. The number of fused-ring (bicyclic) bond motifs is 3. The predicted molar refractivity (Wildman–Crippen MR) is 149 cm³/mol. The van der Waals surface area contributed by atoms with E-state index in [4.69, 9.17) is 9.47 Å². The highest BCUT2D eigenvalue weighted by Gasteiger charge is 2.48. The van der Waals surface area contributed by atoms with Gasteiger partial charge in [-0.3, -0.25) is 9.59 Å². The zero-order valence-corrected chi connectivity index (χ0v) is 23.5. The Balaban J connectivity index is 1.74. The molecule has 0 spiro atoms. The fraction of sp³-hybridized carbons (Fsp3) is 0.517. The number of hydrogen-bond donors (Lipinski definition) is 1. The van der Waals surface area contributed by atoms with Crippen LogP contribution in [0.15, 0.2) is 35.7 Å². The second-order valence-electron chi connectivity index (χ2n) is 10.1. The van der Waals surface area contributed by atoms with E-state index in [0.29, 0.717) is 23.7 Å². The molecule has 200 valence electrons. The Bertz CT molecular complexity index is 1240. The lowest BCUT2D eigenvalue weighted by Crippen LogP contribution is -2.64. The molecule has 0 saturated carbocycles. The smallest absolute Gasteiger partial charge is 0.271 e. The lowest BCUT2D eigenvalue weighted by Gasteiger charge is -2.44. The molecule has 1 atom stereocenters. The molecule has 1 aliphatic rings. The summed E-state index contributed by atoms with van der Waals surface area (Å²) in [6, 6.07) is 9.71. The molecular weight excluding hydrogens is 486 g/mol. The molecule has 1 aliphatic heterocycles. The molecule has 0 aliphatic carbocycles. The van der Waals surface area contributed by atoms with E-state index in [9.17, 15) is 9.59 Å². The van der Waals surface area contributed by atoms with Crippen molar-refractivity contribution in [2.45, 2.75) is 84.0 Å². The third-order valence-corrected chi connectivity index (χ3v) is 8.35. The maximum atomic E-state index is 14.1. The molecule has 0 radical (unpaired) electrons. The van der Waals surface area contributed by atoms with E-state index >= 15 is 0 Å². The Kier molecular flexibility index (Phi) is 8.47. The van der Waals surface area contributed by atoms with Gasteiger partial charge in [-0.25, -0.2) is 0 Å². The number of hydrogen-bond acceptors (Lipinski definition) is 5. The van der Waals surface area contributed by atoms with Gasteiger partial charge in [-0.2, -0.15) is 0 Å². The first-order valence-electron chi connectivity index (χ1n) is 13.3. The highest BCUT2D eigenvalue weighted by Crippen LogP contribution is 2.38. The summed E-state index contributed by atoms with van der Waals surface area (Å²) in [6.07, 6.45) is 6.18. The highest BCUT2D eigenvalue weighted by atomic mass is 32.1. The Labute approximate surface area is 223 Å². The number of carbonyl (C=O) groups excluding carboxylic acids is 2. The van der Waals surface area contributed by atoms with E-state index in [1.165, 1.54) is 0 Å². The zero-order valence-electron chi connectivity index (χ0n) is 22.6. The van der Waals surface area contributed by atoms with E-state index in [0.717, 1.165) is 54.3 Å². The Morgan fingerprint density at radius 2 is 1.86 bits per heavy atom. The van der Waals surface area contributed by atoms with Crippen molar-refractivity contribution in [1.82, 2.24) is 14.8 Å². The number of carbonyl (C=O) groups is 2. The van der Waals surface area contributed by atoms with Crippen molar-refractivity contribution in [3.05, 3.63) is 47.0 Å². The molecule has 0 fully saturated rings. The van der Waals surface area contributed by atoms with Crippen molar-refractivity contribution in [3.63, 3.8) is 0 Å². The van der Waals surface area contributed by atoms with E-state index in [2.05, 4.69) is 19.2 Å². The summed E-state index contributed by atoms with van der Waals surface area (Å²) in [5.41, 5.74) is 1.33. The van der Waals surface area contributed by atoms with Gasteiger partial charge in [0.2, 0.25) is 5.91 Å². The standard InChI is InChI=1S/C29H39N3O4S/c1-6-8-12-21(13-9-7-2)30-28(34)29(3)19-31-22-15-16-37-25(22)17-23(31)27(33)32(29)18-20-11-10-14-24(35-4)26(20)36-5/h10-11,14-17,21H,6-9,12-13,18-19H2,1-5H3,(H,30,34). The van der Waals surface area contributed by atoms with Crippen molar-refractivity contribution >= 4 is 33.4 Å². The molecule has 4 rings (SSSR count). The average molecular weight is 526 g/mol. The number of ether oxygens (including phenoxy) is 2. The lowest BCUT2D eigenvalue weighted by atomic mass is 9.92. The number of methoxy groups -OCH3 is 2. The second kappa shape index (κ2) is 11.6. The molecule has 7 nitrogen and oxygen atoms in total. The number of unbranched alkanes of at least 4 members (excludes halogenated alkanes) is 2. The van der Waals surface area contributed by atoms with E-state index in [1.807, 2.05) is 47.2 Å². The fourth-order valence-electron chi connectivity index (χ4n) is 5.30. The van der Waals surface area contributed by atoms with Gasteiger partial charge in [0, 0.05) is 11.6 Å². The molecule has 0 saturated heterocycles. The van der Waals surface area contributed by atoms with Crippen molar-refractivity contribution in [2.24, 2.45) is 0 Å². The molecule has 3 heterocycles. The minimum Gasteiger partial charge on any atom is -0.493 e. The third kappa shape index (κ3) is 5.21. The van der Waals surface area contributed by atoms with Crippen molar-refractivity contribution in [1.29, 1.82) is 0 Å². The molecule has 2 aromatic heterocycles. The summed E-state index contributed by atoms with van der Waals surface area (Å²) >= 11 is 1.61. The van der Waals surface area contributed by atoms with Gasteiger partial charge in [-0.05, 0) is 43.3 Å². The topological polar surface area (TPSA) is 72.8 Å². The van der Waals surface area contributed by atoms with Crippen LogP contribution >= 0.6 is 11.3 Å². The molecule has 1 N–H and O–H groups in total. The first-order valence-corrected chi connectivity index (χ1v) is 14.1. The van der Waals surface area contributed by atoms with Gasteiger partial charge in [-0.15, -0.1) is 11.3 Å². The molecule has 2 amide bonds. The molecule has 8 heteroatoms. The van der Waals surface area contributed by atoms with Crippen LogP contribution in [0.4, 0.5) is 0 Å². The Morgan fingerprint density at radius 3 is 2.51 bits per heavy atom. The average Bonchev–Trinajstić information content (AvgIpc) is 3.50. The second-order valence-corrected chi connectivity index (χ2v) is 11.0. The molecule has 0 bridgehead atoms. The predicted octanol–water partition coefficient (Wildman–Crippen LogP) is 6.00. The summed E-state index contributed by atoms with van der Waals surface area (Å²) in [5.74, 6) is 0.906. The number of nitrogens with zero attached hydrogens (tertiary/aromatic N) is 2. The van der Waals surface area contributed by atoms with Crippen LogP contribution in [0.5, 0.6) is 11.5 Å². The molecule has 37 heavy (non-hydrogen) atoms. The molecule has 1 unspecified atom stereocenters. The maximum absolute atomic E-state index is 14.1. The summed E-state index contributed by atoms with van der Waals surface area (Å²) < 4.78 is 14.2. The number of amides is 2. The normalized spacial score (nSPS) is 17.4. The SMILES string of the molecule is CCCCC(CCCC)NC(=O)C1(C)Cn2c(cc3sccc32)C(=O)N1Cc1cccc(OC)c1OC. The number of benzene rings is 1. The summed E-state index contributed by atoms with van der Waals surface area (Å²) in [6.45, 7) is 6.85. The quantitative estimate of drug-likeness (QED) is 0.315. The number of rotatable bonds is 12. The summed E-state index contributed by atoms with van der Waals surface area (Å²) in [5, 5.41) is 5.38. The van der Waals surface area contributed by atoms with Gasteiger partial charge < -0.3 is 24.3 Å². The van der Waals surface area contributed by atoms with Gasteiger partial charge >= 0.3 is 0 Å². The van der Waals surface area contributed by atoms with Gasteiger partial charge in [-0.1, -0.05) is 51.7 Å². The van der Waals surface area contributed by atoms with Gasteiger partial charge in [0.1, 0.15) is 11.2 Å². The van der Waals surface area contributed by atoms with E-state index in [-0.39, 0.29) is 24.4 Å². The Hall–Kier alpha value is -3.00. The summed E-state index contributed by atoms with van der Waals surface area (Å²) in [4.78, 5) is 29.9. The van der Waals surface area contributed by atoms with Gasteiger partial charge in [0.05, 0.1) is 37.5 Å². The van der Waals surface area contributed by atoms with E-state index < -0.39 is 5.54 Å². The van der Waals surface area contributed by atoms with Crippen molar-refractivity contribution in [2.75, 3.05) is 14.2 Å². The van der Waals surface area contributed by atoms with Crippen molar-refractivity contribution < 1.29 is 19.1 Å². The monoisotopic (exact) mass is 525 g/mol. The number of thiophene rings is 1. The van der Waals surface area contributed by atoms with Crippen LogP contribution in [0.1, 0.15) is 75.3 Å². The van der Waals surface area contributed by atoms with Gasteiger partial charge in [0.15, 0.2) is 11.5 Å². The number of nitrogens with one attached hydrogen (secondary N) is 1. The summed E-state index contributed by atoms with van der Waals surface area (Å²) in [7, 11) is 3.19. The lowest BCUT2D eigenvalue weighted by molar-refractivity contribution is -0.134. The largest absolute Gasteiger partial charge is 0.493 e. The number of aromatic nitrogens is 1. The van der Waals surface area contributed by atoms with Crippen LogP contribution in [-0.2, 0) is 17.9 Å². The van der Waals surface area contributed by atoms with E-state index in [1.54, 1.807) is 30.5 Å². The first kappa shape index (κ1) is 27.0. The maximum Gasteiger partial charge on any atom is 0.271 e. The Morgan fingerprint density at radius 1 is 1.14 bits per heavy atom. The van der Waals surface area contributed by atoms with Crippen LogP contribution < -0.4 is 14.8 Å². The van der Waals surface area contributed by atoms with Crippen LogP contribution in [0.2, 0.25) is 0 Å². The zero-order chi connectivity index (χ0) is 26.6. The highest BCUT2D eigenvalue weighted by molar-refractivity contribution is 7.17. The molecular formula is C29H39N3O4S. The number of para-hydroxylation sites is 1. The van der Waals surface area contributed by atoms with Crippen LogP contribution in [-0.4, -0.2) is 47.1 Å². The molecule has 1 aromatic carbocycles. The van der Waals surface area contributed by atoms with Crippen molar-refractivity contribution in [3.8, 4) is 11.5 Å². The minimum absolute atomic E-state index is 0.0970. The first-order chi connectivity index (χ1) is 17.9.